The van der Waals surface area contributed by atoms with Crippen LogP contribution in [0.15, 0.2) is 12.1 Å². The number of Topliss-reactive ketones (excluding diaryl/α,β-unsaturated/α-hetero) is 1. The molecule has 31 heavy (non-hydrogen) atoms. The monoisotopic (exact) mass is 501 g/mol. The topological polar surface area (TPSA) is 53.1 Å². The van der Waals surface area contributed by atoms with E-state index in [1.165, 1.54) is 0 Å². The molecule has 0 saturated carbocycles. The normalized spacial score (nSPS) is 13.6. The number of hydrogen-bond acceptors (Lipinski definition) is 2. The molecule has 0 aliphatic heterocycles. The van der Waals surface area contributed by atoms with Crippen LogP contribution < -0.4 is 0 Å². The Morgan fingerprint density at radius 2 is 1.29 bits per heavy atom. The molecule has 0 aliphatic rings. The number of carbonyl (C=O) groups excluding carboxylic acids is 1. The Morgan fingerprint density at radius 1 is 0.871 bits per heavy atom. The Balaban J connectivity index is 2.75. The maximum Gasteiger partial charge on any atom is 0.377 e. The Morgan fingerprint density at radius 3 is 1.61 bits per heavy atom. The minimum atomic E-state index is -5.20. The standard InChI is InChI=1S/C21H22Cl3F4NO2/c1-18(2,3)10-7-9(8-11(15(10)30)19(4,5)6)20(25,26)21(27,28)16(31)14-12(22)13(23)17(24)29-14/h7-8,29-30H,1-6H3. The highest BCUT2D eigenvalue weighted by atomic mass is 35.5. The van der Waals surface area contributed by atoms with Gasteiger partial charge >= 0.3 is 11.8 Å². The highest BCUT2D eigenvalue weighted by molar-refractivity contribution is 6.49. The van der Waals surface area contributed by atoms with Gasteiger partial charge in [-0.1, -0.05) is 76.3 Å². The molecule has 172 valence electrons. The number of phenolic OH excluding ortho intramolecular Hbond substituents is 1. The maximum absolute atomic E-state index is 15.2. The van der Waals surface area contributed by atoms with Gasteiger partial charge in [0.1, 0.15) is 16.6 Å². The molecule has 0 bridgehead atoms. The Hall–Kier alpha value is -1.44. The van der Waals surface area contributed by atoms with Crippen molar-refractivity contribution < 1.29 is 27.5 Å². The maximum atomic E-state index is 15.2. The SMILES string of the molecule is CC(C)(C)c1cc(C(F)(F)C(F)(F)C(=O)c2[nH]c(Cl)c(Cl)c2Cl)cc(C(C)(C)C)c1O. The lowest BCUT2D eigenvalue weighted by atomic mass is 9.77. The van der Waals surface area contributed by atoms with Crippen LogP contribution in [-0.4, -0.2) is 21.8 Å². The van der Waals surface area contributed by atoms with Gasteiger partial charge in [-0.2, -0.15) is 17.6 Å². The fraction of sp³-hybridized carbons (Fsp3) is 0.476. The summed E-state index contributed by atoms with van der Waals surface area (Å²) in [6.45, 7) is 9.85. The van der Waals surface area contributed by atoms with Crippen molar-refractivity contribution >= 4 is 40.6 Å². The number of carbonyl (C=O) groups is 1. The van der Waals surface area contributed by atoms with Crippen LogP contribution in [0.4, 0.5) is 17.6 Å². The second-order valence-electron chi connectivity index (χ2n) is 9.34. The van der Waals surface area contributed by atoms with Gasteiger partial charge in [0, 0.05) is 16.7 Å². The number of halogens is 7. The molecule has 2 aromatic rings. The molecule has 0 radical (unpaired) electrons. The summed E-state index contributed by atoms with van der Waals surface area (Å²) in [5.41, 5.74) is -3.74. The lowest BCUT2D eigenvalue weighted by Crippen LogP contribution is -2.45. The number of hydrogen-bond donors (Lipinski definition) is 2. The van der Waals surface area contributed by atoms with Gasteiger partial charge in [-0.25, -0.2) is 0 Å². The molecule has 0 fully saturated rings. The average Bonchev–Trinajstić information content (AvgIpc) is 2.86. The molecule has 2 rings (SSSR count). The molecule has 0 amide bonds. The molecule has 0 aliphatic carbocycles. The summed E-state index contributed by atoms with van der Waals surface area (Å²) in [6, 6.07) is 1.59. The fourth-order valence-corrected chi connectivity index (χ4v) is 3.63. The van der Waals surface area contributed by atoms with Crippen LogP contribution >= 0.6 is 34.8 Å². The largest absolute Gasteiger partial charge is 0.507 e. The van der Waals surface area contributed by atoms with E-state index < -0.39 is 54.9 Å². The lowest BCUT2D eigenvalue weighted by Gasteiger charge is -2.31. The zero-order chi connectivity index (χ0) is 24.3. The summed E-state index contributed by atoms with van der Waals surface area (Å²) in [4.78, 5) is 14.4. The molecule has 0 atom stereocenters. The van der Waals surface area contributed by atoms with E-state index in [1.54, 1.807) is 41.5 Å². The quantitative estimate of drug-likeness (QED) is 0.330. The molecule has 1 aromatic carbocycles. The number of aromatic amines is 1. The van der Waals surface area contributed by atoms with Gasteiger partial charge in [0.25, 0.3) is 5.78 Å². The van der Waals surface area contributed by atoms with E-state index in [-0.39, 0.29) is 16.9 Å². The van der Waals surface area contributed by atoms with E-state index in [9.17, 15) is 18.7 Å². The number of aromatic hydroxyl groups is 1. The van der Waals surface area contributed by atoms with Gasteiger partial charge in [0.15, 0.2) is 0 Å². The highest BCUT2D eigenvalue weighted by Crippen LogP contribution is 2.50. The fourth-order valence-electron chi connectivity index (χ4n) is 3.02. The predicted molar refractivity (Wildman–Crippen MR) is 115 cm³/mol. The van der Waals surface area contributed by atoms with Crippen molar-refractivity contribution in [1.29, 1.82) is 0 Å². The first-order chi connectivity index (χ1) is 13.7. The van der Waals surface area contributed by atoms with Gasteiger partial charge < -0.3 is 10.1 Å². The second-order valence-corrected chi connectivity index (χ2v) is 10.5. The number of ketones is 1. The first kappa shape index (κ1) is 25.8. The highest BCUT2D eigenvalue weighted by Gasteiger charge is 2.64. The van der Waals surface area contributed by atoms with Crippen LogP contribution in [0.3, 0.4) is 0 Å². The van der Waals surface area contributed by atoms with Crippen molar-refractivity contribution in [3.63, 3.8) is 0 Å². The summed E-state index contributed by atoms with van der Waals surface area (Å²) >= 11 is 17.0. The summed E-state index contributed by atoms with van der Waals surface area (Å²) in [7, 11) is 0. The zero-order valence-electron chi connectivity index (χ0n) is 17.7. The van der Waals surface area contributed by atoms with Crippen molar-refractivity contribution in [1.82, 2.24) is 4.98 Å². The van der Waals surface area contributed by atoms with E-state index in [0.717, 1.165) is 12.1 Å². The van der Waals surface area contributed by atoms with Crippen LogP contribution in [0.25, 0.3) is 0 Å². The van der Waals surface area contributed by atoms with Crippen LogP contribution in [0.1, 0.15) is 68.7 Å². The van der Waals surface area contributed by atoms with Gasteiger partial charge in [-0.05, 0) is 23.0 Å². The minimum Gasteiger partial charge on any atom is -0.507 e. The van der Waals surface area contributed by atoms with Crippen molar-refractivity contribution in [2.45, 2.75) is 64.2 Å². The van der Waals surface area contributed by atoms with E-state index >= 15 is 8.78 Å². The Labute approximate surface area is 192 Å². The predicted octanol–water partition coefficient (Wildman–Crippen LogP) is 7.89. The molecule has 3 nitrogen and oxygen atoms in total. The molecule has 1 heterocycles. The van der Waals surface area contributed by atoms with Crippen LogP contribution in [0.5, 0.6) is 5.75 Å². The lowest BCUT2D eigenvalue weighted by molar-refractivity contribution is -0.185. The van der Waals surface area contributed by atoms with Crippen LogP contribution in [0.2, 0.25) is 15.2 Å². The van der Waals surface area contributed by atoms with Crippen molar-refractivity contribution in [2.75, 3.05) is 0 Å². The zero-order valence-corrected chi connectivity index (χ0v) is 19.9. The van der Waals surface area contributed by atoms with Crippen molar-refractivity contribution in [2.24, 2.45) is 0 Å². The third-order valence-corrected chi connectivity index (χ3v) is 6.07. The van der Waals surface area contributed by atoms with Gasteiger partial charge in [0.2, 0.25) is 0 Å². The number of phenols is 1. The van der Waals surface area contributed by atoms with Gasteiger partial charge in [-0.3, -0.25) is 4.79 Å². The third-order valence-electron chi connectivity index (χ3n) is 4.83. The molecule has 0 saturated heterocycles. The molecule has 2 N–H and O–H groups in total. The van der Waals surface area contributed by atoms with Crippen molar-refractivity contribution in [3.05, 3.63) is 49.7 Å². The van der Waals surface area contributed by atoms with Gasteiger partial charge in [0.05, 0.1) is 10.0 Å². The Bertz CT molecular complexity index is 999. The third kappa shape index (κ3) is 4.41. The van der Waals surface area contributed by atoms with Crippen LogP contribution in [0, 0.1) is 0 Å². The molecular formula is C21H22Cl3F4NO2. The summed E-state index contributed by atoms with van der Waals surface area (Å²) in [6.07, 6.45) is 0. The summed E-state index contributed by atoms with van der Waals surface area (Å²) in [5.74, 6) is -12.7. The Kier molecular flexibility index (Phi) is 6.54. The van der Waals surface area contributed by atoms with Crippen molar-refractivity contribution in [3.8, 4) is 5.75 Å². The number of H-pyrrole nitrogens is 1. The number of alkyl halides is 4. The minimum absolute atomic E-state index is 0.0434. The van der Waals surface area contributed by atoms with Crippen LogP contribution in [-0.2, 0) is 16.8 Å². The van der Waals surface area contributed by atoms with Gasteiger partial charge in [-0.15, -0.1) is 0 Å². The smallest absolute Gasteiger partial charge is 0.377 e. The summed E-state index contributed by atoms with van der Waals surface area (Å²) in [5, 5.41) is 9.12. The number of aromatic nitrogens is 1. The first-order valence-electron chi connectivity index (χ1n) is 9.16. The second kappa shape index (κ2) is 7.85. The molecule has 10 heteroatoms. The molecule has 0 unspecified atom stereocenters. The summed E-state index contributed by atoms with van der Waals surface area (Å²) < 4.78 is 60.2. The number of benzene rings is 1. The van der Waals surface area contributed by atoms with E-state index in [4.69, 9.17) is 34.8 Å². The molecular weight excluding hydrogens is 481 g/mol. The van der Waals surface area contributed by atoms with E-state index in [1.807, 2.05) is 4.98 Å². The number of nitrogens with one attached hydrogen (secondary N) is 1. The molecule has 1 aromatic heterocycles. The average molecular weight is 503 g/mol. The van der Waals surface area contributed by atoms with E-state index in [0.29, 0.717) is 0 Å². The van der Waals surface area contributed by atoms with E-state index in [2.05, 4.69) is 0 Å². The molecule has 0 spiro atoms. The first-order valence-corrected chi connectivity index (χ1v) is 10.3. The number of rotatable bonds is 4.